The van der Waals surface area contributed by atoms with Gasteiger partial charge in [-0.25, -0.2) is 4.68 Å². The SMILES string of the molecule is Cn1nnnc1-c1cccc(C(=O)NCC(=O)N2CCCCC2)c1. The number of piperidine rings is 1. The number of nitrogens with one attached hydrogen (secondary N) is 1. The third-order valence-corrected chi connectivity index (χ3v) is 4.11. The minimum Gasteiger partial charge on any atom is -0.343 e. The van der Waals surface area contributed by atoms with Crippen LogP contribution in [0.3, 0.4) is 0 Å². The maximum atomic E-state index is 12.3. The largest absolute Gasteiger partial charge is 0.343 e. The van der Waals surface area contributed by atoms with Crippen LogP contribution in [0, 0.1) is 0 Å². The molecule has 2 amide bonds. The first-order chi connectivity index (χ1) is 11.6. The topological polar surface area (TPSA) is 93.0 Å². The number of nitrogens with zero attached hydrogens (tertiary/aromatic N) is 5. The van der Waals surface area contributed by atoms with E-state index in [4.69, 9.17) is 0 Å². The van der Waals surface area contributed by atoms with Gasteiger partial charge in [-0.2, -0.15) is 0 Å². The fourth-order valence-electron chi connectivity index (χ4n) is 2.79. The Bertz CT molecular complexity index is 736. The van der Waals surface area contributed by atoms with Gasteiger partial charge < -0.3 is 10.2 Å². The Kier molecular flexibility index (Phi) is 4.83. The van der Waals surface area contributed by atoms with Crippen molar-refractivity contribution in [2.24, 2.45) is 7.05 Å². The summed E-state index contributed by atoms with van der Waals surface area (Å²) in [6.45, 7) is 1.58. The van der Waals surface area contributed by atoms with Crippen molar-refractivity contribution in [3.8, 4) is 11.4 Å². The Labute approximate surface area is 139 Å². The molecule has 0 unspecified atom stereocenters. The summed E-state index contributed by atoms with van der Waals surface area (Å²) < 4.78 is 1.54. The summed E-state index contributed by atoms with van der Waals surface area (Å²) in [6.07, 6.45) is 3.24. The highest BCUT2D eigenvalue weighted by atomic mass is 16.2. The number of aryl methyl sites for hydroxylation is 1. The third-order valence-electron chi connectivity index (χ3n) is 4.11. The van der Waals surface area contributed by atoms with Crippen molar-refractivity contribution in [3.63, 3.8) is 0 Å². The lowest BCUT2D eigenvalue weighted by molar-refractivity contribution is -0.130. The van der Waals surface area contributed by atoms with Crippen molar-refractivity contribution < 1.29 is 9.59 Å². The van der Waals surface area contributed by atoms with Gasteiger partial charge in [0.05, 0.1) is 6.54 Å². The van der Waals surface area contributed by atoms with Crippen LogP contribution in [0.2, 0.25) is 0 Å². The van der Waals surface area contributed by atoms with Gasteiger partial charge in [-0.05, 0) is 41.8 Å². The number of rotatable bonds is 4. The molecule has 1 aromatic carbocycles. The first-order valence-electron chi connectivity index (χ1n) is 8.04. The van der Waals surface area contributed by atoms with Crippen LogP contribution in [0.25, 0.3) is 11.4 Å². The maximum absolute atomic E-state index is 12.3. The molecule has 1 fully saturated rings. The highest BCUT2D eigenvalue weighted by Gasteiger charge is 2.17. The van der Waals surface area contributed by atoms with Crippen molar-refractivity contribution in [3.05, 3.63) is 29.8 Å². The molecule has 2 aromatic rings. The predicted molar refractivity (Wildman–Crippen MR) is 87.0 cm³/mol. The molecular formula is C16H20N6O2. The summed E-state index contributed by atoms with van der Waals surface area (Å²) in [5.74, 6) is 0.267. The Balaban J connectivity index is 1.63. The van der Waals surface area contributed by atoms with E-state index in [0.29, 0.717) is 11.4 Å². The number of hydrogen-bond donors (Lipinski definition) is 1. The number of carbonyl (C=O) groups is 2. The molecule has 0 saturated carbocycles. The number of aromatic nitrogens is 4. The summed E-state index contributed by atoms with van der Waals surface area (Å²) in [4.78, 5) is 26.2. The molecule has 126 valence electrons. The molecule has 0 spiro atoms. The van der Waals surface area contributed by atoms with Crippen LogP contribution < -0.4 is 5.32 Å². The summed E-state index contributed by atoms with van der Waals surface area (Å²) in [6, 6.07) is 7.02. The third kappa shape index (κ3) is 3.58. The minimum absolute atomic E-state index is 0.0224. The van der Waals surface area contributed by atoms with Gasteiger partial charge in [0.25, 0.3) is 5.91 Å². The van der Waals surface area contributed by atoms with Gasteiger partial charge in [0.15, 0.2) is 5.82 Å². The molecule has 1 aromatic heterocycles. The number of benzene rings is 1. The normalized spacial score (nSPS) is 14.5. The number of amides is 2. The Hall–Kier alpha value is -2.77. The standard InChI is InChI=1S/C16H20N6O2/c1-21-15(18-19-20-21)12-6-5-7-13(10-12)16(24)17-11-14(23)22-8-3-2-4-9-22/h5-7,10H,2-4,8-9,11H2,1H3,(H,17,24). The number of tetrazole rings is 1. The van der Waals surface area contributed by atoms with Crippen LogP contribution in [0.4, 0.5) is 0 Å². The zero-order valence-electron chi connectivity index (χ0n) is 13.6. The second-order valence-corrected chi connectivity index (χ2v) is 5.83. The molecule has 8 nitrogen and oxygen atoms in total. The summed E-state index contributed by atoms with van der Waals surface area (Å²) in [7, 11) is 1.74. The van der Waals surface area contributed by atoms with Crippen LogP contribution in [-0.4, -0.2) is 56.6 Å². The van der Waals surface area contributed by atoms with E-state index in [2.05, 4.69) is 20.8 Å². The molecular weight excluding hydrogens is 308 g/mol. The monoisotopic (exact) mass is 328 g/mol. The molecule has 0 atom stereocenters. The van der Waals surface area contributed by atoms with Gasteiger partial charge in [-0.3, -0.25) is 9.59 Å². The molecule has 1 saturated heterocycles. The molecule has 1 aliphatic rings. The highest BCUT2D eigenvalue weighted by Crippen LogP contribution is 2.16. The number of hydrogen-bond acceptors (Lipinski definition) is 5. The second-order valence-electron chi connectivity index (χ2n) is 5.83. The fourth-order valence-corrected chi connectivity index (χ4v) is 2.79. The average molecular weight is 328 g/mol. The van der Waals surface area contributed by atoms with E-state index in [1.54, 1.807) is 25.2 Å². The lowest BCUT2D eigenvalue weighted by Crippen LogP contribution is -2.42. The number of carbonyl (C=O) groups excluding carboxylic acids is 2. The predicted octanol–water partition coefficient (Wildman–Crippen LogP) is 0.619. The molecule has 0 radical (unpaired) electrons. The second kappa shape index (κ2) is 7.20. The molecule has 1 aliphatic heterocycles. The van der Waals surface area contributed by atoms with Gasteiger partial charge >= 0.3 is 0 Å². The van der Waals surface area contributed by atoms with Gasteiger partial charge in [0.1, 0.15) is 0 Å². The molecule has 24 heavy (non-hydrogen) atoms. The van der Waals surface area contributed by atoms with E-state index in [0.717, 1.165) is 31.5 Å². The summed E-state index contributed by atoms with van der Waals surface area (Å²) in [5.41, 5.74) is 1.22. The molecule has 2 heterocycles. The van der Waals surface area contributed by atoms with Crippen LogP contribution in [-0.2, 0) is 11.8 Å². The minimum atomic E-state index is -0.280. The van der Waals surface area contributed by atoms with Gasteiger partial charge in [0.2, 0.25) is 5.91 Å². The molecule has 1 N–H and O–H groups in total. The van der Waals surface area contributed by atoms with E-state index in [-0.39, 0.29) is 18.4 Å². The summed E-state index contributed by atoms with van der Waals surface area (Å²) in [5, 5.41) is 14.0. The Morgan fingerprint density at radius 2 is 2.00 bits per heavy atom. The smallest absolute Gasteiger partial charge is 0.251 e. The lowest BCUT2D eigenvalue weighted by Gasteiger charge is -2.26. The van der Waals surface area contributed by atoms with Gasteiger partial charge in [0, 0.05) is 31.3 Å². The van der Waals surface area contributed by atoms with E-state index in [1.807, 2.05) is 11.0 Å². The van der Waals surface area contributed by atoms with E-state index in [9.17, 15) is 9.59 Å². The van der Waals surface area contributed by atoms with Gasteiger partial charge in [-0.1, -0.05) is 12.1 Å². The fraction of sp³-hybridized carbons (Fsp3) is 0.438. The Morgan fingerprint density at radius 1 is 1.21 bits per heavy atom. The first-order valence-corrected chi connectivity index (χ1v) is 8.04. The van der Waals surface area contributed by atoms with E-state index >= 15 is 0 Å². The average Bonchev–Trinajstić information content (AvgIpc) is 3.06. The van der Waals surface area contributed by atoms with E-state index < -0.39 is 0 Å². The summed E-state index contributed by atoms with van der Waals surface area (Å²) >= 11 is 0. The molecule has 8 heteroatoms. The van der Waals surface area contributed by atoms with Crippen molar-refractivity contribution in [2.45, 2.75) is 19.3 Å². The highest BCUT2D eigenvalue weighted by molar-refractivity contribution is 5.97. The zero-order chi connectivity index (χ0) is 16.9. The Morgan fingerprint density at radius 3 is 2.71 bits per heavy atom. The quantitative estimate of drug-likeness (QED) is 0.888. The van der Waals surface area contributed by atoms with Gasteiger partial charge in [-0.15, -0.1) is 5.10 Å². The molecule has 3 rings (SSSR count). The van der Waals surface area contributed by atoms with Crippen molar-refractivity contribution >= 4 is 11.8 Å². The lowest BCUT2D eigenvalue weighted by atomic mass is 10.1. The van der Waals surface area contributed by atoms with Crippen LogP contribution in [0.5, 0.6) is 0 Å². The van der Waals surface area contributed by atoms with Crippen LogP contribution in [0.15, 0.2) is 24.3 Å². The van der Waals surface area contributed by atoms with E-state index in [1.165, 1.54) is 11.1 Å². The maximum Gasteiger partial charge on any atom is 0.251 e. The molecule has 0 bridgehead atoms. The van der Waals surface area contributed by atoms with Crippen LogP contribution >= 0.6 is 0 Å². The van der Waals surface area contributed by atoms with Crippen molar-refractivity contribution in [1.82, 2.24) is 30.4 Å². The van der Waals surface area contributed by atoms with Crippen molar-refractivity contribution in [1.29, 1.82) is 0 Å². The van der Waals surface area contributed by atoms with Crippen LogP contribution in [0.1, 0.15) is 29.6 Å². The number of likely N-dealkylation sites (tertiary alicyclic amines) is 1. The first kappa shape index (κ1) is 16.1. The van der Waals surface area contributed by atoms with Crippen molar-refractivity contribution in [2.75, 3.05) is 19.6 Å². The molecule has 0 aliphatic carbocycles. The zero-order valence-corrected chi connectivity index (χ0v) is 13.6.